The van der Waals surface area contributed by atoms with Crippen LogP contribution in [-0.4, -0.2) is 11.0 Å². The molecule has 3 N–H and O–H groups in total. The minimum Gasteiger partial charge on any atom is -0.271 e. The quantitative estimate of drug-likeness (QED) is 0.430. The SMILES string of the molecule is CC(C)=CC(Cc1ccccn1)NN. The minimum atomic E-state index is 0.162. The third kappa shape index (κ3) is 3.68. The predicted molar refractivity (Wildman–Crippen MR) is 58.5 cm³/mol. The summed E-state index contributed by atoms with van der Waals surface area (Å²) in [6.07, 6.45) is 4.72. The molecule has 0 aliphatic carbocycles. The standard InChI is InChI=1S/C11H17N3/c1-9(2)7-11(14-12)8-10-5-3-4-6-13-10/h3-7,11,14H,8,12H2,1-2H3. The van der Waals surface area contributed by atoms with Crippen LogP contribution in [0.2, 0.25) is 0 Å². The van der Waals surface area contributed by atoms with E-state index in [2.05, 4.69) is 30.3 Å². The molecule has 0 aliphatic rings. The Bertz CT molecular complexity index is 289. The molecule has 0 spiro atoms. The molecule has 3 heteroatoms. The highest BCUT2D eigenvalue weighted by Crippen LogP contribution is 2.02. The number of hydrogen-bond acceptors (Lipinski definition) is 3. The topological polar surface area (TPSA) is 50.9 Å². The highest BCUT2D eigenvalue weighted by Gasteiger charge is 2.04. The maximum atomic E-state index is 5.45. The van der Waals surface area contributed by atoms with Crippen molar-refractivity contribution in [3.63, 3.8) is 0 Å². The number of aromatic nitrogens is 1. The van der Waals surface area contributed by atoms with E-state index in [1.807, 2.05) is 18.2 Å². The van der Waals surface area contributed by atoms with Gasteiger partial charge in [0.15, 0.2) is 0 Å². The lowest BCUT2D eigenvalue weighted by Crippen LogP contribution is -2.35. The number of hydrazine groups is 1. The smallest absolute Gasteiger partial charge is 0.0448 e. The molecule has 76 valence electrons. The second kappa shape index (κ2) is 5.52. The lowest BCUT2D eigenvalue weighted by atomic mass is 10.1. The highest BCUT2D eigenvalue weighted by atomic mass is 15.2. The number of rotatable bonds is 4. The summed E-state index contributed by atoms with van der Waals surface area (Å²) in [7, 11) is 0. The van der Waals surface area contributed by atoms with Crippen LogP contribution < -0.4 is 11.3 Å². The monoisotopic (exact) mass is 191 g/mol. The number of nitrogens with zero attached hydrogens (tertiary/aromatic N) is 1. The maximum absolute atomic E-state index is 5.45. The van der Waals surface area contributed by atoms with E-state index in [1.54, 1.807) is 6.20 Å². The van der Waals surface area contributed by atoms with Crippen molar-refractivity contribution in [3.8, 4) is 0 Å². The molecular formula is C11H17N3. The lowest BCUT2D eigenvalue weighted by molar-refractivity contribution is 0.607. The Morgan fingerprint density at radius 2 is 2.36 bits per heavy atom. The third-order valence-electron chi connectivity index (χ3n) is 1.90. The summed E-state index contributed by atoms with van der Waals surface area (Å²) in [4.78, 5) is 4.25. The van der Waals surface area contributed by atoms with Gasteiger partial charge < -0.3 is 0 Å². The summed E-state index contributed by atoms with van der Waals surface area (Å²) in [6, 6.07) is 6.06. The Morgan fingerprint density at radius 3 is 2.86 bits per heavy atom. The highest BCUT2D eigenvalue weighted by molar-refractivity contribution is 5.10. The van der Waals surface area contributed by atoms with E-state index in [0.29, 0.717) is 0 Å². The van der Waals surface area contributed by atoms with Crippen LogP contribution in [0.25, 0.3) is 0 Å². The van der Waals surface area contributed by atoms with Crippen LogP contribution >= 0.6 is 0 Å². The van der Waals surface area contributed by atoms with Crippen molar-refractivity contribution < 1.29 is 0 Å². The van der Waals surface area contributed by atoms with Gasteiger partial charge in [-0.1, -0.05) is 17.7 Å². The number of pyridine rings is 1. The zero-order valence-electron chi connectivity index (χ0n) is 8.70. The van der Waals surface area contributed by atoms with Gasteiger partial charge in [0.25, 0.3) is 0 Å². The van der Waals surface area contributed by atoms with Crippen molar-refractivity contribution in [1.82, 2.24) is 10.4 Å². The van der Waals surface area contributed by atoms with Gasteiger partial charge in [-0.2, -0.15) is 0 Å². The fourth-order valence-electron chi connectivity index (χ4n) is 1.31. The van der Waals surface area contributed by atoms with E-state index in [-0.39, 0.29) is 6.04 Å². The van der Waals surface area contributed by atoms with Crippen molar-refractivity contribution in [1.29, 1.82) is 0 Å². The molecule has 1 unspecified atom stereocenters. The van der Waals surface area contributed by atoms with Crippen molar-refractivity contribution in [2.24, 2.45) is 5.84 Å². The van der Waals surface area contributed by atoms with Crippen molar-refractivity contribution in [3.05, 3.63) is 41.7 Å². The summed E-state index contributed by atoms with van der Waals surface area (Å²) in [5.74, 6) is 5.45. The fourth-order valence-corrected chi connectivity index (χ4v) is 1.31. The van der Waals surface area contributed by atoms with Gasteiger partial charge in [-0.15, -0.1) is 0 Å². The Labute approximate surface area is 85.0 Å². The first-order valence-electron chi connectivity index (χ1n) is 4.73. The molecule has 0 fully saturated rings. The second-order valence-corrected chi connectivity index (χ2v) is 3.54. The normalized spacial score (nSPS) is 12.2. The largest absolute Gasteiger partial charge is 0.271 e. The van der Waals surface area contributed by atoms with E-state index in [9.17, 15) is 0 Å². The summed E-state index contributed by atoms with van der Waals surface area (Å²) in [6.45, 7) is 4.12. The molecular weight excluding hydrogens is 174 g/mol. The zero-order valence-corrected chi connectivity index (χ0v) is 8.70. The maximum Gasteiger partial charge on any atom is 0.0448 e. The van der Waals surface area contributed by atoms with Gasteiger partial charge in [-0.3, -0.25) is 16.3 Å². The number of nitrogens with two attached hydrogens (primary N) is 1. The first-order valence-corrected chi connectivity index (χ1v) is 4.73. The average molecular weight is 191 g/mol. The first kappa shape index (κ1) is 10.9. The Morgan fingerprint density at radius 1 is 1.57 bits per heavy atom. The van der Waals surface area contributed by atoms with Gasteiger partial charge in [0.2, 0.25) is 0 Å². The molecule has 0 bridgehead atoms. The van der Waals surface area contributed by atoms with Gasteiger partial charge >= 0.3 is 0 Å². The van der Waals surface area contributed by atoms with E-state index in [1.165, 1.54) is 5.57 Å². The van der Waals surface area contributed by atoms with Crippen LogP contribution in [0.5, 0.6) is 0 Å². The van der Waals surface area contributed by atoms with Gasteiger partial charge in [-0.25, -0.2) is 0 Å². The molecule has 1 atom stereocenters. The van der Waals surface area contributed by atoms with Crippen molar-refractivity contribution in [2.45, 2.75) is 26.3 Å². The molecule has 0 saturated heterocycles. The fraction of sp³-hybridized carbons (Fsp3) is 0.364. The van der Waals surface area contributed by atoms with Crippen LogP contribution in [0.1, 0.15) is 19.5 Å². The molecule has 1 aromatic rings. The van der Waals surface area contributed by atoms with E-state index in [0.717, 1.165) is 12.1 Å². The van der Waals surface area contributed by atoms with Crippen LogP contribution in [0.4, 0.5) is 0 Å². The van der Waals surface area contributed by atoms with Gasteiger partial charge in [-0.05, 0) is 26.0 Å². The number of allylic oxidation sites excluding steroid dienone is 1. The molecule has 1 aromatic heterocycles. The molecule has 0 aromatic carbocycles. The number of nitrogens with one attached hydrogen (secondary N) is 1. The van der Waals surface area contributed by atoms with E-state index in [4.69, 9.17) is 5.84 Å². The summed E-state index contributed by atoms with van der Waals surface area (Å²) >= 11 is 0. The van der Waals surface area contributed by atoms with Gasteiger partial charge in [0.1, 0.15) is 0 Å². The summed E-state index contributed by atoms with van der Waals surface area (Å²) in [5.41, 5.74) is 5.07. The Balaban J connectivity index is 2.62. The summed E-state index contributed by atoms with van der Waals surface area (Å²) in [5, 5.41) is 0. The molecule has 3 nitrogen and oxygen atoms in total. The molecule has 0 aliphatic heterocycles. The van der Waals surface area contributed by atoms with Crippen LogP contribution in [0.3, 0.4) is 0 Å². The summed E-state index contributed by atoms with van der Waals surface area (Å²) < 4.78 is 0. The molecule has 1 heterocycles. The van der Waals surface area contributed by atoms with Crippen LogP contribution in [0.15, 0.2) is 36.0 Å². The van der Waals surface area contributed by atoms with Crippen molar-refractivity contribution >= 4 is 0 Å². The Kier molecular flexibility index (Phi) is 4.29. The van der Waals surface area contributed by atoms with Crippen LogP contribution in [0, 0.1) is 0 Å². The average Bonchev–Trinajstić information content (AvgIpc) is 2.17. The van der Waals surface area contributed by atoms with Crippen LogP contribution in [-0.2, 0) is 6.42 Å². The predicted octanol–water partition coefficient (Wildman–Crippen LogP) is 1.42. The van der Waals surface area contributed by atoms with E-state index >= 15 is 0 Å². The second-order valence-electron chi connectivity index (χ2n) is 3.54. The van der Waals surface area contributed by atoms with Gasteiger partial charge in [0.05, 0.1) is 0 Å². The third-order valence-corrected chi connectivity index (χ3v) is 1.90. The van der Waals surface area contributed by atoms with Crippen molar-refractivity contribution in [2.75, 3.05) is 0 Å². The lowest BCUT2D eigenvalue weighted by Gasteiger charge is -2.11. The first-order chi connectivity index (χ1) is 6.72. The molecule has 0 amide bonds. The van der Waals surface area contributed by atoms with E-state index < -0.39 is 0 Å². The molecule has 0 saturated carbocycles. The molecule has 14 heavy (non-hydrogen) atoms. The minimum absolute atomic E-state index is 0.162. The van der Waals surface area contributed by atoms with Gasteiger partial charge in [0, 0.05) is 24.4 Å². The molecule has 1 rings (SSSR count). The Hall–Kier alpha value is -1.19. The number of hydrogen-bond donors (Lipinski definition) is 2. The molecule has 0 radical (unpaired) electrons. The zero-order chi connectivity index (χ0) is 10.4.